The molecule has 1 heterocycles. The summed E-state index contributed by atoms with van der Waals surface area (Å²) in [6, 6.07) is 10.4. The van der Waals surface area contributed by atoms with Crippen molar-refractivity contribution in [2.75, 3.05) is 7.05 Å². The molecule has 26 heavy (non-hydrogen) atoms. The van der Waals surface area contributed by atoms with Gasteiger partial charge in [0.25, 0.3) is 0 Å². The third-order valence-corrected chi connectivity index (χ3v) is 5.66. The molecule has 0 saturated heterocycles. The summed E-state index contributed by atoms with van der Waals surface area (Å²) in [5, 5.41) is 3.18. The third-order valence-electron chi connectivity index (χ3n) is 5.10. The van der Waals surface area contributed by atoms with E-state index in [4.69, 9.17) is 17.1 Å². The van der Waals surface area contributed by atoms with Gasteiger partial charge in [0.2, 0.25) is 0 Å². The van der Waals surface area contributed by atoms with E-state index in [1.54, 1.807) is 18.3 Å². The van der Waals surface area contributed by atoms with Gasteiger partial charge in [0.15, 0.2) is 0 Å². The summed E-state index contributed by atoms with van der Waals surface area (Å²) in [6.45, 7) is 0.367. The van der Waals surface area contributed by atoms with Crippen molar-refractivity contribution in [3.05, 3.63) is 65.7 Å². The first-order valence-corrected chi connectivity index (χ1v) is 9.32. The zero-order valence-corrected chi connectivity index (χ0v) is 15.7. The van der Waals surface area contributed by atoms with E-state index < -0.39 is 0 Å². The van der Waals surface area contributed by atoms with Crippen molar-refractivity contribution in [3.8, 4) is 0 Å². The molecular weight excluding hydrogens is 349 g/mol. The van der Waals surface area contributed by atoms with Crippen molar-refractivity contribution in [2.45, 2.75) is 43.7 Å². The summed E-state index contributed by atoms with van der Waals surface area (Å²) in [6.07, 6.45) is 7.79. The van der Waals surface area contributed by atoms with Crippen LogP contribution in [0.2, 0.25) is 0 Å². The average Bonchev–Trinajstić information content (AvgIpc) is 2.70. The minimum absolute atomic E-state index is 0.0425. The van der Waals surface area contributed by atoms with Crippen LogP contribution >= 0.6 is 12.2 Å². The molecule has 6 heteroatoms. The van der Waals surface area contributed by atoms with Crippen LogP contribution in [0.3, 0.4) is 0 Å². The molecule has 1 aromatic carbocycles. The number of rotatable bonds is 6. The standard InChI is InChI=1S/C20H24FN3OS/c1-22-19(26)20(16-5-4-12-23-13-16)11-3-2-6-18(20)24-25-14-15-7-9-17(21)10-8-15/h4-5,7-10,12-13,18,24H,2-3,6,11,14H2,1H3,(H,22,26)/t18-,20+/m1/s1. The number of hydrogen-bond donors (Lipinski definition) is 2. The summed E-state index contributed by atoms with van der Waals surface area (Å²) >= 11 is 5.73. The number of aromatic nitrogens is 1. The molecule has 2 aromatic rings. The van der Waals surface area contributed by atoms with Gasteiger partial charge < -0.3 is 5.32 Å². The number of benzene rings is 1. The number of hydroxylamine groups is 1. The lowest BCUT2D eigenvalue weighted by atomic mass is 9.66. The predicted molar refractivity (Wildman–Crippen MR) is 104 cm³/mol. The fourth-order valence-electron chi connectivity index (χ4n) is 3.74. The van der Waals surface area contributed by atoms with Gasteiger partial charge in [0.1, 0.15) is 5.82 Å². The van der Waals surface area contributed by atoms with Crippen LogP contribution in [0.5, 0.6) is 0 Å². The zero-order chi connectivity index (χ0) is 18.4. The van der Waals surface area contributed by atoms with Gasteiger partial charge in [-0.2, -0.15) is 5.48 Å². The first kappa shape index (κ1) is 18.9. The lowest BCUT2D eigenvalue weighted by Gasteiger charge is -2.44. The topological polar surface area (TPSA) is 46.2 Å². The Morgan fingerprint density at radius 3 is 2.81 bits per heavy atom. The smallest absolute Gasteiger partial charge is 0.123 e. The Kier molecular flexibility index (Phi) is 6.29. The largest absolute Gasteiger partial charge is 0.382 e. The molecule has 0 unspecified atom stereocenters. The Morgan fingerprint density at radius 2 is 2.12 bits per heavy atom. The number of thiocarbonyl (C=S) groups is 1. The normalized spacial score (nSPS) is 22.8. The third kappa shape index (κ3) is 3.92. The molecule has 0 aliphatic heterocycles. The van der Waals surface area contributed by atoms with E-state index in [1.165, 1.54) is 12.1 Å². The molecule has 1 saturated carbocycles. The number of halogens is 1. The van der Waals surface area contributed by atoms with Crippen LogP contribution in [0.25, 0.3) is 0 Å². The number of hydrogen-bond acceptors (Lipinski definition) is 4. The molecule has 0 spiro atoms. The minimum Gasteiger partial charge on any atom is -0.382 e. The highest BCUT2D eigenvalue weighted by molar-refractivity contribution is 7.80. The van der Waals surface area contributed by atoms with Gasteiger partial charge in [-0.1, -0.05) is 43.3 Å². The first-order valence-electron chi connectivity index (χ1n) is 8.91. The Morgan fingerprint density at radius 1 is 1.31 bits per heavy atom. The molecule has 1 fully saturated rings. The Hall–Kier alpha value is -1.89. The van der Waals surface area contributed by atoms with E-state index in [9.17, 15) is 4.39 Å². The fraction of sp³-hybridized carbons (Fsp3) is 0.400. The highest BCUT2D eigenvalue weighted by atomic mass is 32.1. The van der Waals surface area contributed by atoms with E-state index in [1.807, 2.05) is 19.3 Å². The Balaban J connectivity index is 1.78. The predicted octanol–water partition coefficient (Wildman–Crippen LogP) is 3.67. The SMILES string of the molecule is CNC(=S)[C@]1(c2cccnc2)CCCC[C@H]1NOCc1ccc(F)cc1. The second-order valence-corrected chi connectivity index (χ2v) is 7.03. The number of pyridine rings is 1. The fourth-order valence-corrected chi connectivity index (χ4v) is 4.10. The van der Waals surface area contributed by atoms with E-state index in [0.717, 1.165) is 41.8 Å². The van der Waals surface area contributed by atoms with Crippen molar-refractivity contribution >= 4 is 17.2 Å². The molecule has 1 aromatic heterocycles. The van der Waals surface area contributed by atoms with E-state index in [2.05, 4.69) is 21.8 Å². The molecule has 1 aliphatic rings. The minimum atomic E-state index is -0.348. The summed E-state index contributed by atoms with van der Waals surface area (Å²) in [5.74, 6) is -0.246. The molecule has 0 amide bonds. The molecule has 3 rings (SSSR count). The van der Waals surface area contributed by atoms with Crippen molar-refractivity contribution in [3.63, 3.8) is 0 Å². The molecule has 1 aliphatic carbocycles. The quantitative estimate of drug-likeness (QED) is 0.598. The summed E-state index contributed by atoms with van der Waals surface area (Å²) in [4.78, 5) is 10.9. The van der Waals surface area contributed by atoms with Crippen molar-refractivity contribution in [2.24, 2.45) is 0 Å². The van der Waals surface area contributed by atoms with Gasteiger partial charge in [-0.3, -0.25) is 9.82 Å². The second-order valence-electron chi connectivity index (χ2n) is 6.62. The summed E-state index contributed by atoms with van der Waals surface area (Å²) in [5.41, 5.74) is 4.91. The first-order chi connectivity index (χ1) is 12.7. The Labute approximate surface area is 159 Å². The van der Waals surface area contributed by atoms with Crippen LogP contribution in [0.1, 0.15) is 36.8 Å². The molecule has 0 bridgehead atoms. The van der Waals surface area contributed by atoms with Crippen LogP contribution in [0.15, 0.2) is 48.8 Å². The van der Waals surface area contributed by atoms with Crippen LogP contribution in [0, 0.1) is 5.82 Å². The van der Waals surface area contributed by atoms with Gasteiger partial charge in [-0.15, -0.1) is 0 Å². The van der Waals surface area contributed by atoms with Gasteiger partial charge in [0.05, 0.1) is 17.0 Å². The number of nitrogens with one attached hydrogen (secondary N) is 2. The highest BCUT2D eigenvalue weighted by Crippen LogP contribution is 2.40. The van der Waals surface area contributed by atoms with Gasteiger partial charge in [-0.25, -0.2) is 4.39 Å². The maximum absolute atomic E-state index is 13.0. The van der Waals surface area contributed by atoms with Crippen molar-refractivity contribution in [1.82, 2.24) is 15.8 Å². The van der Waals surface area contributed by atoms with Crippen LogP contribution in [0.4, 0.5) is 4.39 Å². The summed E-state index contributed by atoms with van der Waals surface area (Å²) in [7, 11) is 1.87. The lowest BCUT2D eigenvalue weighted by molar-refractivity contribution is -0.0178. The van der Waals surface area contributed by atoms with Crippen LogP contribution < -0.4 is 10.8 Å². The molecule has 138 valence electrons. The van der Waals surface area contributed by atoms with Gasteiger partial charge >= 0.3 is 0 Å². The average molecular weight is 373 g/mol. The van der Waals surface area contributed by atoms with Gasteiger partial charge in [-0.05, 0) is 42.2 Å². The van der Waals surface area contributed by atoms with Crippen molar-refractivity contribution < 1.29 is 9.23 Å². The summed E-state index contributed by atoms with van der Waals surface area (Å²) < 4.78 is 13.0. The molecule has 2 atom stereocenters. The zero-order valence-electron chi connectivity index (χ0n) is 14.9. The molecule has 4 nitrogen and oxygen atoms in total. The van der Waals surface area contributed by atoms with E-state index in [-0.39, 0.29) is 17.3 Å². The van der Waals surface area contributed by atoms with Gasteiger partial charge in [0, 0.05) is 25.5 Å². The van der Waals surface area contributed by atoms with E-state index in [0.29, 0.717) is 6.61 Å². The molecule has 2 N–H and O–H groups in total. The number of nitrogens with zero attached hydrogens (tertiary/aromatic N) is 1. The highest BCUT2D eigenvalue weighted by Gasteiger charge is 2.46. The monoisotopic (exact) mass is 373 g/mol. The molecule has 0 radical (unpaired) electrons. The van der Waals surface area contributed by atoms with E-state index >= 15 is 0 Å². The maximum atomic E-state index is 13.0. The van der Waals surface area contributed by atoms with Crippen LogP contribution in [-0.4, -0.2) is 23.1 Å². The number of likely N-dealkylation sites (N-methyl/N-ethyl adjacent to an activating group) is 1. The van der Waals surface area contributed by atoms with Crippen LogP contribution in [-0.2, 0) is 16.9 Å². The molecular formula is C20H24FN3OS. The Bertz CT molecular complexity index is 726. The van der Waals surface area contributed by atoms with Crippen molar-refractivity contribution in [1.29, 1.82) is 0 Å². The lowest BCUT2D eigenvalue weighted by Crippen LogP contribution is -2.57. The second kappa shape index (κ2) is 8.66. The maximum Gasteiger partial charge on any atom is 0.123 e.